The van der Waals surface area contributed by atoms with Crippen LogP contribution in [-0.2, 0) is 0 Å². The number of halogens is 3. The molecule has 5 heteroatoms. The molecule has 0 aliphatic heterocycles. The van der Waals surface area contributed by atoms with Gasteiger partial charge in [0.05, 0.1) is 16.6 Å². The van der Waals surface area contributed by atoms with Crippen LogP contribution in [0.15, 0.2) is 34.8 Å². The highest BCUT2D eigenvalue weighted by Crippen LogP contribution is 2.26. The van der Waals surface area contributed by atoms with E-state index in [9.17, 15) is 8.78 Å². The third-order valence-electron chi connectivity index (χ3n) is 2.95. The van der Waals surface area contributed by atoms with Gasteiger partial charge in [0.2, 0.25) is 0 Å². The molecule has 0 atom stereocenters. The number of nitrogens with zero attached hydrogens (tertiary/aromatic N) is 1. The van der Waals surface area contributed by atoms with E-state index in [2.05, 4.69) is 25.9 Å². The van der Waals surface area contributed by atoms with E-state index in [1.54, 1.807) is 6.92 Å². The molecule has 0 saturated heterocycles. The molecule has 0 aliphatic carbocycles. The Labute approximate surface area is 116 Å². The van der Waals surface area contributed by atoms with Gasteiger partial charge in [0.15, 0.2) is 0 Å². The maximum atomic E-state index is 13.8. The number of hydrogen-bond acceptors (Lipinski definition) is 1. The van der Waals surface area contributed by atoms with E-state index in [1.165, 1.54) is 6.07 Å². The summed E-state index contributed by atoms with van der Waals surface area (Å²) in [7, 11) is 0. The summed E-state index contributed by atoms with van der Waals surface area (Å²) < 4.78 is 28.0. The van der Waals surface area contributed by atoms with Gasteiger partial charge >= 0.3 is 0 Å². The highest BCUT2D eigenvalue weighted by atomic mass is 79.9. The van der Waals surface area contributed by atoms with Crippen molar-refractivity contribution in [1.82, 2.24) is 9.97 Å². The number of benzene rings is 2. The molecule has 2 aromatic carbocycles. The van der Waals surface area contributed by atoms with E-state index in [0.717, 1.165) is 21.6 Å². The number of aromatic amines is 1. The first-order chi connectivity index (χ1) is 9.04. The van der Waals surface area contributed by atoms with E-state index in [-0.39, 0.29) is 5.56 Å². The van der Waals surface area contributed by atoms with Crippen molar-refractivity contribution in [2.45, 2.75) is 6.92 Å². The third-order valence-corrected chi connectivity index (χ3v) is 3.44. The molecule has 0 unspecified atom stereocenters. The Bertz CT molecular complexity index is 780. The fourth-order valence-electron chi connectivity index (χ4n) is 1.95. The normalized spacial score (nSPS) is 11.2. The molecule has 0 radical (unpaired) electrons. The molecule has 19 heavy (non-hydrogen) atoms. The SMILES string of the molecule is Cc1cc(-c2nc3ccc(Br)cc3[nH]2)c(F)cc1F. The molecule has 0 fully saturated rings. The molecule has 1 heterocycles. The number of aryl methyl sites for hydroxylation is 1. The Hall–Kier alpha value is -1.75. The minimum absolute atomic E-state index is 0.270. The molecule has 0 saturated carbocycles. The van der Waals surface area contributed by atoms with Crippen LogP contribution in [-0.4, -0.2) is 9.97 Å². The summed E-state index contributed by atoms with van der Waals surface area (Å²) in [5.74, 6) is -0.782. The first-order valence-electron chi connectivity index (χ1n) is 5.66. The Morgan fingerprint density at radius 1 is 1.11 bits per heavy atom. The van der Waals surface area contributed by atoms with Gasteiger partial charge in [-0.05, 0) is 36.8 Å². The van der Waals surface area contributed by atoms with Crippen LogP contribution in [0.5, 0.6) is 0 Å². The van der Waals surface area contributed by atoms with Crippen molar-refractivity contribution in [3.8, 4) is 11.4 Å². The predicted octanol–water partition coefficient (Wildman–Crippen LogP) is 4.58. The van der Waals surface area contributed by atoms with Crippen molar-refractivity contribution in [2.75, 3.05) is 0 Å². The smallest absolute Gasteiger partial charge is 0.141 e. The molecule has 0 amide bonds. The van der Waals surface area contributed by atoms with Gasteiger partial charge in [-0.15, -0.1) is 0 Å². The van der Waals surface area contributed by atoms with Gasteiger partial charge in [0.1, 0.15) is 17.5 Å². The Balaban J connectivity index is 2.21. The molecule has 96 valence electrons. The predicted molar refractivity (Wildman–Crippen MR) is 73.9 cm³/mol. The highest BCUT2D eigenvalue weighted by Gasteiger charge is 2.13. The highest BCUT2D eigenvalue weighted by molar-refractivity contribution is 9.10. The number of H-pyrrole nitrogens is 1. The van der Waals surface area contributed by atoms with Crippen molar-refractivity contribution >= 4 is 27.0 Å². The van der Waals surface area contributed by atoms with Crippen LogP contribution in [0, 0.1) is 18.6 Å². The summed E-state index contributed by atoms with van der Waals surface area (Å²) in [6, 6.07) is 7.89. The Morgan fingerprint density at radius 2 is 1.89 bits per heavy atom. The summed E-state index contributed by atoms with van der Waals surface area (Å²) in [4.78, 5) is 7.35. The molecular weight excluding hydrogens is 314 g/mol. The Morgan fingerprint density at radius 3 is 2.68 bits per heavy atom. The number of fused-ring (bicyclic) bond motifs is 1. The summed E-state index contributed by atoms with van der Waals surface area (Å²) in [6.07, 6.45) is 0. The zero-order valence-corrected chi connectivity index (χ0v) is 11.6. The molecule has 1 aromatic heterocycles. The minimum atomic E-state index is -0.624. The fraction of sp³-hybridized carbons (Fsp3) is 0.0714. The minimum Gasteiger partial charge on any atom is -0.338 e. The van der Waals surface area contributed by atoms with Crippen LogP contribution >= 0.6 is 15.9 Å². The van der Waals surface area contributed by atoms with Crippen LogP contribution in [0.4, 0.5) is 8.78 Å². The quantitative estimate of drug-likeness (QED) is 0.698. The monoisotopic (exact) mass is 322 g/mol. The fourth-order valence-corrected chi connectivity index (χ4v) is 2.31. The van der Waals surface area contributed by atoms with Crippen LogP contribution < -0.4 is 0 Å². The second-order valence-electron chi connectivity index (χ2n) is 4.33. The average molecular weight is 323 g/mol. The first-order valence-corrected chi connectivity index (χ1v) is 6.45. The standard InChI is InChI=1S/C14H9BrF2N2/c1-7-4-9(11(17)6-10(7)16)14-18-12-3-2-8(15)5-13(12)19-14/h2-6H,1H3,(H,18,19). The molecular formula is C14H9BrF2N2. The molecule has 2 nitrogen and oxygen atoms in total. The van der Waals surface area contributed by atoms with Gasteiger partial charge in [-0.3, -0.25) is 0 Å². The number of rotatable bonds is 1. The third kappa shape index (κ3) is 2.14. The lowest BCUT2D eigenvalue weighted by Gasteiger charge is -2.02. The van der Waals surface area contributed by atoms with Gasteiger partial charge in [-0.25, -0.2) is 13.8 Å². The lowest BCUT2D eigenvalue weighted by Crippen LogP contribution is -1.91. The zero-order valence-electron chi connectivity index (χ0n) is 9.97. The van der Waals surface area contributed by atoms with Crippen LogP contribution in [0.3, 0.4) is 0 Å². The van der Waals surface area contributed by atoms with E-state index in [4.69, 9.17) is 0 Å². The average Bonchev–Trinajstić information content (AvgIpc) is 2.76. The van der Waals surface area contributed by atoms with E-state index >= 15 is 0 Å². The molecule has 3 rings (SSSR count). The van der Waals surface area contributed by atoms with Crippen molar-refractivity contribution in [1.29, 1.82) is 0 Å². The van der Waals surface area contributed by atoms with Crippen LogP contribution in [0.2, 0.25) is 0 Å². The first kappa shape index (κ1) is 12.3. The Kier molecular flexibility index (Phi) is 2.86. The second kappa shape index (κ2) is 4.42. The van der Waals surface area contributed by atoms with Gasteiger partial charge < -0.3 is 4.98 Å². The van der Waals surface area contributed by atoms with Crippen molar-refractivity contribution < 1.29 is 8.78 Å². The molecule has 3 aromatic rings. The van der Waals surface area contributed by atoms with E-state index < -0.39 is 11.6 Å². The van der Waals surface area contributed by atoms with E-state index in [0.29, 0.717) is 11.4 Å². The lowest BCUT2D eigenvalue weighted by molar-refractivity contribution is 0.579. The van der Waals surface area contributed by atoms with Crippen molar-refractivity contribution in [3.05, 3.63) is 52.0 Å². The number of aromatic nitrogens is 2. The summed E-state index contributed by atoms with van der Waals surface area (Å²) >= 11 is 3.36. The summed E-state index contributed by atoms with van der Waals surface area (Å²) in [6.45, 7) is 1.59. The topological polar surface area (TPSA) is 28.7 Å². The number of imidazole rings is 1. The van der Waals surface area contributed by atoms with Crippen molar-refractivity contribution in [3.63, 3.8) is 0 Å². The van der Waals surface area contributed by atoms with Gasteiger partial charge in [-0.1, -0.05) is 15.9 Å². The van der Waals surface area contributed by atoms with Crippen LogP contribution in [0.25, 0.3) is 22.4 Å². The maximum absolute atomic E-state index is 13.8. The molecule has 0 bridgehead atoms. The molecule has 0 aliphatic rings. The van der Waals surface area contributed by atoms with Gasteiger partial charge in [0, 0.05) is 10.5 Å². The van der Waals surface area contributed by atoms with Crippen LogP contribution in [0.1, 0.15) is 5.56 Å². The molecule has 0 spiro atoms. The molecule has 1 N–H and O–H groups in total. The second-order valence-corrected chi connectivity index (χ2v) is 5.24. The summed E-state index contributed by atoms with van der Waals surface area (Å²) in [5.41, 5.74) is 2.19. The van der Waals surface area contributed by atoms with Gasteiger partial charge in [0.25, 0.3) is 0 Å². The number of hydrogen-bond donors (Lipinski definition) is 1. The van der Waals surface area contributed by atoms with E-state index in [1.807, 2.05) is 18.2 Å². The largest absolute Gasteiger partial charge is 0.338 e. The van der Waals surface area contributed by atoms with Crippen molar-refractivity contribution in [2.24, 2.45) is 0 Å². The summed E-state index contributed by atoms with van der Waals surface area (Å²) in [5, 5.41) is 0. The maximum Gasteiger partial charge on any atom is 0.141 e. The zero-order chi connectivity index (χ0) is 13.6. The number of nitrogens with one attached hydrogen (secondary N) is 1. The van der Waals surface area contributed by atoms with Gasteiger partial charge in [-0.2, -0.15) is 0 Å². The lowest BCUT2D eigenvalue weighted by atomic mass is 10.1.